The highest BCUT2D eigenvalue weighted by Gasteiger charge is 2.42. The number of carbonyl (C=O) groups excluding carboxylic acids is 1. The fourth-order valence-corrected chi connectivity index (χ4v) is 5.39. The van der Waals surface area contributed by atoms with Gasteiger partial charge in [-0.1, -0.05) is 0 Å². The van der Waals surface area contributed by atoms with Gasteiger partial charge in [0.15, 0.2) is 0 Å². The highest BCUT2D eigenvalue weighted by atomic mass is 32.2. The van der Waals surface area contributed by atoms with Crippen molar-refractivity contribution < 1.29 is 22.7 Å². The zero-order valence-electron chi connectivity index (χ0n) is 15.5. The van der Waals surface area contributed by atoms with Crippen LogP contribution in [0, 0.1) is 13.8 Å². The molecule has 0 spiro atoms. The molecule has 2 heterocycles. The molecule has 2 aliphatic heterocycles. The number of morpholine rings is 1. The maximum Gasteiger partial charge on any atom is 0.247 e. The van der Waals surface area contributed by atoms with Crippen molar-refractivity contribution in [1.82, 2.24) is 9.21 Å². The van der Waals surface area contributed by atoms with Crippen LogP contribution in [0.4, 0.5) is 0 Å². The normalized spacial score (nSPS) is 21.8. The van der Waals surface area contributed by atoms with Crippen molar-refractivity contribution in [2.45, 2.75) is 37.6 Å². The molecule has 2 aliphatic rings. The summed E-state index contributed by atoms with van der Waals surface area (Å²) in [6, 6.07) is 2.72. The first-order valence-corrected chi connectivity index (χ1v) is 10.3. The topological polar surface area (TPSA) is 76.2 Å². The molecule has 0 radical (unpaired) electrons. The van der Waals surface area contributed by atoms with E-state index in [-0.39, 0.29) is 10.8 Å². The van der Waals surface area contributed by atoms with Crippen LogP contribution in [-0.4, -0.2) is 69.5 Å². The minimum absolute atomic E-state index is 0.128. The molecule has 2 saturated heterocycles. The minimum atomic E-state index is -3.82. The average Bonchev–Trinajstić information content (AvgIpc) is 3.14. The van der Waals surface area contributed by atoms with Gasteiger partial charge in [-0.3, -0.25) is 4.79 Å². The van der Waals surface area contributed by atoms with Crippen molar-refractivity contribution in [3.8, 4) is 5.75 Å². The molecule has 0 N–H and O–H groups in total. The Morgan fingerprint density at radius 1 is 1.15 bits per heavy atom. The molecule has 1 atom stereocenters. The van der Waals surface area contributed by atoms with Gasteiger partial charge in [0.1, 0.15) is 16.7 Å². The fourth-order valence-electron chi connectivity index (χ4n) is 3.52. The van der Waals surface area contributed by atoms with Gasteiger partial charge in [0.2, 0.25) is 15.9 Å². The first-order valence-electron chi connectivity index (χ1n) is 8.90. The average molecular weight is 382 g/mol. The molecule has 0 saturated carbocycles. The van der Waals surface area contributed by atoms with Gasteiger partial charge >= 0.3 is 0 Å². The first kappa shape index (κ1) is 19.1. The van der Waals surface area contributed by atoms with Gasteiger partial charge in [-0.2, -0.15) is 4.31 Å². The van der Waals surface area contributed by atoms with Gasteiger partial charge in [-0.05, 0) is 49.9 Å². The van der Waals surface area contributed by atoms with E-state index in [0.29, 0.717) is 51.4 Å². The lowest BCUT2D eigenvalue weighted by Gasteiger charge is -2.32. The zero-order valence-corrected chi connectivity index (χ0v) is 16.3. The lowest BCUT2D eigenvalue weighted by atomic mass is 10.1. The monoisotopic (exact) mass is 382 g/mol. The number of amides is 1. The summed E-state index contributed by atoms with van der Waals surface area (Å²) in [5.74, 6) is 0.190. The number of rotatable bonds is 4. The number of benzene rings is 1. The van der Waals surface area contributed by atoms with E-state index in [1.54, 1.807) is 17.0 Å². The van der Waals surface area contributed by atoms with Crippen molar-refractivity contribution in [2.75, 3.05) is 40.0 Å². The SMILES string of the molecule is COc1cc(C)c(C)cc1S(=O)(=O)N1CCC[C@@H]1C(=O)N1CCOCC1. The van der Waals surface area contributed by atoms with Gasteiger partial charge < -0.3 is 14.4 Å². The second-order valence-electron chi connectivity index (χ2n) is 6.80. The van der Waals surface area contributed by atoms with Crippen LogP contribution >= 0.6 is 0 Å². The maximum absolute atomic E-state index is 13.3. The molecule has 3 rings (SSSR count). The summed E-state index contributed by atoms with van der Waals surface area (Å²) in [5.41, 5.74) is 1.84. The number of nitrogens with zero attached hydrogens (tertiary/aromatic N) is 2. The molecule has 144 valence electrons. The molecular weight excluding hydrogens is 356 g/mol. The molecule has 0 aromatic heterocycles. The smallest absolute Gasteiger partial charge is 0.247 e. The Labute approximate surface area is 154 Å². The lowest BCUT2D eigenvalue weighted by Crippen LogP contribution is -2.51. The van der Waals surface area contributed by atoms with Crippen LogP contribution in [0.5, 0.6) is 5.75 Å². The Balaban J connectivity index is 1.93. The minimum Gasteiger partial charge on any atom is -0.495 e. The standard InChI is InChI=1S/C18H26N2O5S/c1-13-11-16(24-3)17(12-14(13)2)26(22,23)20-6-4-5-15(20)18(21)19-7-9-25-10-8-19/h11-12,15H,4-10H2,1-3H3/t15-/m1/s1. The van der Waals surface area contributed by atoms with E-state index >= 15 is 0 Å². The second kappa shape index (κ2) is 7.54. The van der Waals surface area contributed by atoms with E-state index in [1.807, 2.05) is 13.8 Å². The van der Waals surface area contributed by atoms with Crippen LogP contribution in [0.15, 0.2) is 17.0 Å². The van der Waals surface area contributed by atoms with E-state index in [2.05, 4.69) is 0 Å². The van der Waals surface area contributed by atoms with Gasteiger partial charge in [-0.25, -0.2) is 8.42 Å². The van der Waals surface area contributed by atoms with Crippen molar-refractivity contribution >= 4 is 15.9 Å². The van der Waals surface area contributed by atoms with Crippen molar-refractivity contribution in [3.05, 3.63) is 23.3 Å². The van der Waals surface area contributed by atoms with Crippen LogP contribution in [-0.2, 0) is 19.6 Å². The Bertz CT molecular complexity index is 787. The van der Waals surface area contributed by atoms with Gasteiger partial charge in [0.25, 0.3) is 0 Å². The van der Waals surface area contributed by atoms with E-state index in [0.717, 1.165) is 11.1 Å². The lowest BCUT2D eigenvalue weighted by molar-refractivity contribution is -0.138. The highest BCUT2D eigenvalue weighted by molar-refractivity contribution is 7.89. The number of hydrogen-bond acceptors (Lipinski definition) is 5. The third-order valence-electron chi connectivity index (χ3n) is 5.18. The summed E-state index contributed by atoms with van der Waals surface area (Å²) in [6.07, 6.45) is 1.22. The second-order valence-corrected chi connectivity index (χ2v) is 8.66. The molecule has 0 unspecified atom stereocenters. The molecule has 1 aromatic rings. The Morgan fingerprint density at radius 2 is 1.81 bits per heavy atom. The van der Waals surface area contributed by atoms with Crippen LogP contribution in [0.25, 0.3) is 0 Å². The van der Waals surface area contributed by atoms with Crippen molar-refractivity contribution in [1.29, 1.82) is 0 Å². The molecule has 2 fully saturated rings. The van der Waals surface area contributed by atoms with Crippen LogP contribution in [0.3, 0.4) is 0 Å². The van der Waals surface area contributed by atoms with Crippen LogP contribution < -0.4 is 4.74 Å². The number of hydrogen-bond donors (Lipinski definition) is 0. The number of methoxy groups -OCH3 is 1. The van der Waals surface area contributed by atoms with E-state index in [9.17, 15) is 13.2 Å². The Hall–Kier alpha value is -1.64. The third kappa shape index (κ3) is 3.45. The summed E-state index contributed by atoms with van der Waals surface area (Å²) >= 11 is 0. The molecule has 7 nitrogen and oxygen atoms in total. The largest absolute Gasteiger partial charge is 0.495 e. The number of sulfonamides is 1. The molecule has 26 heavy (non-hydrogen) atoms. The van der Waals surface area contributed by atoms with Crippen LogP contribution in [0.2, 0.25) is 0 Å². The number of aryl methyl sites for hydroxylation is 2. The maximum atomic E-state index is 13.3. The van der Waals surface area contributed by atoms with Gasteiger partial charge in [0, 0.05) is 19.6 Å². The predicted octanol–water partition coefficient (Wildman–Crippen LogP) is 1.32. The fraction of sp³-hybridized carbons (Fsp3) is 0.611. The number of ether oxygens (including phenoxy) is 2. The molecule has 1 aromatic carbocycles. The summed E-state index contributed by atoms with van der Waals surface area (Å²) in [5, 5.41) is 0. The molecule has 0 aliphatic carbocycles. The zero-order chi connectivity index (χ0) is 18.9. The predicted molar refractivity (Wildman–Crippen MR) is 96.8 cm³/mol. The molecule has 0 bridgehead atoms. The van der Waals surface area contributed by atoms with Crippen LogP contribution in [0.1, 0.15) is 24.0 Å². The molecule has 8 heteroatoms. The van der Waals surface area contributed by atoms with Gasteiger partial charge in [0.05, 0.1) is 20.3 Å². The highest BCUT2D eigenvalue weighted by Crippen LogP contribution is 2.34. The number of carbonyl (C=O) groups is 1. The first-order chi connectivity index (χ1) is 12.4. The van der Waals surface area contributed by atoms with E-state index < -0.39 is 16.1 Å². The Kier molecular flexibility index (Phi) is 5.55. The van der Waals surface area contributed by atoms with Crippen molar-refractivity contribution in [3.63, 3.8) is 0 Å². The summed E-state index contributed by atoms with van der Waals surface area (Å²) in [7, 11) is -2.36. The van der Waals surface area contributed by atoms with E-state index in [4.69, 9.17) is 9.47 Å². The molecular formula is C18H26N2O5S. The van der Waals surface area contributed by atoms with Crippen molar-refractivity contribution in [2.24, 2.45) is 0 Å². The molecule has 1 amide bonds. The summed E-state index contributed by atoms with van der Waals surface area (Å²) in [4.78, 5) is 14.7. The third-order valence-corrected chi connectivity index (χ3v) is 7.11. The van der Waals surface area contributed by atoms with Gasteiger partial charge in [-0.15, -0.1) is 0 Å². The summed E-state index contributed by atoms with van der Waals surface area (Å²) in [6.45, 7) is 6.14. The van der Waals surface area contributed by atoms with E-state index in [1.165, 1.54) is 11.4 Å². The Morgan fingerprint density at radius 3 is 2.46 bits per heavy atom. The summed E-state index contributed by atoms with van der Waals surface area (Å²) < 4.78 is 38.6. The quantitative estimate of drug-likeness (QED) is 0.785.